The van der Waals surface area contributed by atoms with E-state index in [4.69, 9.17) is 0 Å². The highest BCUT2D eigenvalue weighted by Gasteiger charge is 2.16. The summed E-state index contributed by atoms with van der Waals surface area (Å²) in [5.41, 5.74) is 4.15. The van der Waals surface area contributed by atoms with E-state index < -0.39 is 0 Å². The van der Waals surface area contributed by atoms with Crippen molar-refractivity contribution in [3.05, 3.63) is 113 Å². The van der Waals surface area contributed by atoms with Gasteiger partial charge in [-0.05, 0) is 86.3 Å². The van der Waals surface area contributed by atoms with Crippen molar-refractivity contribution in [3.63, 3.8) is 0 Å². The van der Waals surface area contributed by atoms with Crippen molar-refractivity contribution in [2.24, 2.45) is 9.98 Å². The number of aldehydes is 1. The van der Waals surface area contributed by atoms with Gasteiger partial charge in [0.05, 0.1) is 10.7 Å². The summed E-state index contributed by atoms with van der Waals surface area (Å²) in [5.74, 6) is 0.177. The summed E-state index contributed by atoms with van der Waals surface area (Å²) in [4.78, 5) is 19.8. The molecule has 0 aromatic heterocycles. The molecule has 0 atom stereocenters. The Labute approximate surface area is 233 Å². The van der Waals surface area contributed by atoms with E-state index in [0.29, 0.717) is 16.3 Å². The second-order valence-corrected chi connectivity index (χ2v) is 9.88. The third-order valence-electron chi connectivity index (χ3n) is 7.66. The van der Waals surface area contributed by atoms with E-state index in [2.05, 4.69) is 9.98 Å². The largest absolute Gasteiger partial charge is 0.508 e. The van der Waals surface area contributed by atoms with Crippen LogP contribution in [0.2, 0.25) is 0 Å². The molecule has 7 aromatic rings. The number of carbonyl (C=O) groups excluding carboxylic acids is 1. The Morgan fingerprint density at radius 2 is 1.02 bits per heavy atom. The number of fused-ring (bicyclic) bond motifs is 6. The van der Waals surface area contributed by atoms with Gasteiger partial charge < -0.3 is 5.11 Å². The van der Waals surface area contributed by atoms with Gasteiger partial charge in [-0.25, -0.2) is 0 Å². The van der Waals surface area contributed by atoms with E-state index in [-0.39, 0.29) is 5.75 Å². The highest BCUT2D eigenvalue weighted by Crippen LogP contribution is 2.35. The van der Waals surface area contributed by atoms with Crippen LogP contribution < -0.4 is 10.7 Å². The number of carbonyl (C=O) groups is 1. The molecule has 0 saturated carbocycles. The number of nitriles is 2. The molecule has 0 saturated heterocycles. The van der Waals surface area contributed by atoms with E-state index in [1.165, 1.54) is 0 Å². The number of phenolic OH excluding ortho intramolecular Hbond substituents is 1. The molecule has 0 heterocycles. The fourth-order valence-electron chi connectivity index (χ4n) is 5.85. The van der Waals surface area contributed by atoms with Gasteiger partial charge >= 0.3 is 0 Å². The second-order valence-electron chi connectivity index (χ2n) is 9.88. The van der Waals surface area contributed by atoms with Crippen molar-refractivity contribution in [3.8, 4) is 40.4 Å². The normalized spacial score (nSPS) is 12.3. The highest BCUT2D eigenvalue weighted by molar-refractivity contribution is 6.21. The minimum absolute atomic E-state index is 0.177. The van der Waals surface area contributed by atoms with Crippen LogP contribution in [0.3, 0.4) is 0 Å². The van der Waals surface area contributed by atoms with Gasteiger partial charge in [-0.1, -0.05) is 54.6 Å². The predicted molar refractivity (Wildman–Crippen MR) is 159 cm³/mol. The molecule has 6 heteroatoms. The summed E-state index contributed by atoms with van der Waals surface area (Å²) < 4.78 is 0. The molecule has 190 valence electrons. The topological polar surface area (TPSA) is 110 Å². The molecular formula is C35H18N4O2. The summed E-state index contributed by atoms with van der Waals surface area (Å²) in [5, 5.41) is 37.3. The first-order valence-electron chi connectivity index (χ1n) is 12.9. The maximum absolute atomic E-state index is 11.3. The summed E-state index contributed by atoms with van der Waals surface area (Å²) in [6, 6.07) is 30.4. The van der Waals surface area contributed by atoms with E-state index >= 15 is 0 Å². The Bertz CT molecular complexity index is 2430. The zero-order chi connectivity index (χ0) is 28.1. The fraction of sp³-hybridized carbons (Fsp3) is 0. The Morgan fingerprint density at radius 1 is 0.537 bits per heavy atom. The van der Waals surface area contributed by atoms with Crippen LogP contribution in [0, 0.1) is 22.9 Å². The minimum Gasteiger partial charge on any atom is -0.508 e. The van der Waals surface area contributed by atoms with Gasteiger partial charge in [-0.15, -0.1) is 0 Å². The van der Waals surface area contributed by atoms with Crippen LogP contribution in [0.15, 0.2) is 107 Å². The first-order valence-corrected chi connectivity index (χ1v) is 12.9. The Balaban J connectivity index is 1.54. The molecule has 7 aromatic carbocycles. The number of hydrogen-bond donors (Lipinski definition) is 1. The van der Waals surface area contributed by atoms with E-state index in [1.807, 2.05) is 85.2 Å². The molecule has 0 amide bonds. The Hall–Kier alpha value is -6.11. The van der Waals surface area contributed by atoms with Crippen molar-refractivity contribution >= 4 is 49.4 Å². The van der Waals surface area contributed by atoms with E-state index in [9.17, 15) is 20.4 Å². The lowest BCUT2D eigenvalue weighted by Crippen LogP contribution is -1.99. The van der Waals surface area contributed by atoms with Crippen LogP contribution in [0.1, 0.15) is 10.4 Å². The van der Waals surface area contributed by atoms with Gasteiger partial charge in [0, 0.05) is 27.1 Å². The lowest BCUT2D eigenvalue weighted by molar-refractivity contribution is 0.112. The Morgan fingerprint density at radius 3 is 1.54 bits per heavy atom. The standard InChI is InChI=1S/C35H18N4O2/c36-18-38-34-30-13-23(21-4-1-3-20(11-21)17-40)7-9-26(30)28-15-33-29(16-32(28)34)27-10-8-24(14-31(27)35(33)39-19-37)22-5-2-6-25(41)12-22/h1-17,41H. The maximum atomic E-state index is 11.3. The number of aromatic hydroxyl groups is 1. The molecule has 0 unspecified atom stereocenters. The predicted octanol–water partition coefficient (Wildman–Crippen LogP) is 6.79. The average Bonchev–Trinajstić information content (AvgIpc) is 3.47. The molecule has 0 bridgehead atoms. The zero-order valence-electron chi connectivity index (χ0n) is 21.5. The van der Waals surface area contributed by atoms with Crippen LogP contribution in [0.25, 0.3) is 65.3 Å². The van der Waals surface area contributed by atoms with Crippen LogP contribution in [-0.4, -0.2) is 11.4 Å². The van der Waals surface area contributed by atoms with Crippen molar-refractivity contribution in [1.82, 2.24) is 0 Å². The molecule has 0 aliphatic rings. The number of rotatable bonds is 3. The van der Waals surface area contributed by atoms with Crippen molar-refractivity contribution in [1.29, 1.82) is 10.5 Å². The number of nitrogens with zero attached hydrogens (tertiary/aromatic N) is 4. The van der Waals surface area contributed by atoms with Gasteiger partial charge in [-0.3, -0.25) is 4.79 Å². The smallest absolute Gasteiger partial charge is 0.206 e. The summed E-state index contributed by atoms with van der Waals surface area (Å²) in [6.45, 7) is 0. The van der Waals surface area contributed by atoms with Gasteiger partial charge in [0.2, 0.25) is 12.4 Å². The van der Waals surface area contributed by atoms with Gasteiger partial charge in [0.1, 0.15) is 12.0 Å². The third-order valence-corrected chi connectivity index (χ3v) is 7.66. The molecule has 0 spiro atoms. The summed E-state index contributed by atoms with van der Waals surface area (Å²) in [6.07, 6.45) is 4.76. The molecule has 0 aliphatic carbocycles. The van der Waals surface area contributed by atoms with Crippen LogP contribution in [0.5, 0.6) is 5.75 Å². The van der Waals surface area contributed by atoms with Crippen LogP contribution in [0.4, 0.5) is 0 Å². The van der Waals surface area contributed by atoms with Crippen molar-refractivity contribution < 1.29 is 9.90 Å². The van der Waals surface area contributed by atoms with Gasteiger partial charge in [0.25, 0.3) is 0 Å². The fourth-order valence-corrected chi connectivity index (χ4v) is 5.85. The molecule has 6 nitrogen and oxygen atoms in total. The monoisotopic (exact) mass is 526 g/mol. The second kappa shape index (κ2) is 9.27. The van der Waals surface area contributed by atoms with Crippen molar-refractivity contribution in [2.45, 2.75) is 0 Å². The number of phenols is 1. The number of benzene rings is 5. The summed E-state index contributed by atoms with van der Waals surface area (Å²) >= 11 is 0. The van der Waals surface area contributed by atoms with E-state index in [0.717, 1.165) is 71.6 Å². The molecular weight excluding hydrogens is 508 g/mol. The SMILES string of the molecule is N#CN=c1c2cc(-c3cccc(O)c3)ccc2c2cc3c(=NC#N)c4cc(-c5cccc(C=O)c5)ccc4c3cc12. The lowest BCUT2D eigenvalue weighted by Gasteiger charge is -2.03. The molecule has 7 rings (SSSR count). The minimum atomic E-state index is 0.177. The lowest BCUT2D eigenvalue weighted by atomic mass is 10.0. The summed E-state index contributed by atoms with van der Waals surface area (Å²) in [7, 11) is 0. The first-order chi connectivity index (χ1) is 20.1. The van der Waals surface area contributed by atoms with Crippen molar-refractivity contribution in [2.75, 3.05) is 0 Å². The average molecular weight is 527 g/mol. The highest BCUT2D eigenvalue weighted by atomic mass is 16.3. The van der Waals surface area contributed by atoms with Gasteiger partial charge in [-0.2, -0.15) is 20.5 Å². The first kappa shape index (κ1) is 24.0. The van der Waals surface area contributed by atoms with E-state index in [1.54, 1.807) is 24.3 Å². The number of hydrogen-bond acceptors (Lipinski definition) is 6. The van der Waals surface area contributed by atoms with Gasteiger partial charge in [0.15, 0.2) is 0 Å². The molecule has 0 fully saturated rings. The molecule has 41 heavy (non-hydrogen) atoms. The molecule has 1 N–H and O–H groups in total. The molecule has 0 aliphatic heterocycles. The quantitative estimate of drug-likeness (QED) is 0.202. The molecule has 0 radical (unpaired) electrons. The third kappa shape index (κ3) is 3.75. The van der Waals surface area contributed by atoms with Crippen LogP contribution >= 0.6 is 0 Å². The zero-order valence-corrected chi connectivity index (χ0v) is 21.5. The van der Waals surface area contributed by atoms with Crippen LogP contribution in [-0.2, 0) is 0 Å². The maximum Gasteiger partial charge on any atom is 0.206 e. The Kier molecular flexibility index (Phi) is 5.42.